The minimum Gasteiger partial charge on any atom is -0.497 e. The molecule has 3 heterocycles. The molecule has 3 aromatic heterocycles. The van der Waals surface area contributed by atoms with Gasteiger partial charge in [-0.15, -0.1) is 0 Å². The van der Waals surface area contributed by atoms with E-state index < -0.39 is 5.97 Å². The van der Waals surface area contributed by atoms with Crippen molar-refractivity contribution in [2.24, 2.45) is 0 Å². The van der Waals surface area contributed by atoms with Crippen molar-refractivity contribution >= 4 is 22.6 Å². The molecule has 0 saturated heterocycles. The van der Waals surface area contributed by atoms with Gasteiger partial charge in [-0.1, -0.05) is 18.2 Å². The zero-order chi connectivity index (χ0) is 22.1. The molecule has 1 N–H and O–H groups in total. The lowest BCUT2D eigenvalue weighted by Gasteiger charge is -2.15. The summed E-state index contributed by atoms with van der Waals surface area (Å²) in [6.07, 6.45) is 2.22. The maximum Gasteiger partial charge on any atom is 0.341 e. The van der Waals surface area contributed by atoms with Gasteiger partial charge in [-0.25, -0.2) is 9.78 Å². The number of nitrogens with zero attached hydrogens (tertiary/aromatic N) is 3. The number of ether oxygens (including phenoxy) is 2. The predicted octanol–water partition coefficient (Wildman–Crippen LogP) is 2.47. The monoisotopic (exact) mass is 418 g/mol. The van der Waals surface area contributed by atoms with E-state index in [1.54, 1.807) is 23.9 Å². The van der Waals surface area contributed by atoms with Crippen molar-refractivity contribution in [2.75, 3.05) is 14.2 Å². The lowest BCUT2D eigenvalue weighted by atomic mass is 10.1. The molecule has 1 aromatic carbocycles. The van der Waals surface area contributed by atoms with E-state index in [0.717, 1.165) is 16.9 Å². The molecule has 0 fully saturated rings. The smallest absolute Gasteiger partial charge is 0.341 e. The van der Waals surface area contributed by atoms with E-state index in [9.17, 15) is 9.59 Å². The van der Waals surface area contributed by atoms with Gasteiger partial charge in [0.25, 0.3) is 5.56 Å². The van der Waals surface area contributed by atoms with Gasteiger partial charge in [-0.2, -0.15) is 0 Å². The molecule has 4 aromatic rings. The molecule has 0 aliphatic carbocycles. The molecule has 0 atom stereocenters. The zero-order valence-corrected chi connectivity index (χ0v) is 17.5. The first-order valence-electron chi connectivity index (χ1n) is 9.76. The Balaban J connectivity index is 1.93. The number of rotatable bonds is 5. The van der Waals surface area contributed by atoms with Gasteiger partial charge >= 0.3 is 5.97 Å². The number of aryl methyl sites for hydroxylation is 3. The topological polar surface area (TPSA) is 98.7 Å². The van der Waals surface area contributed by atoms with Gasteiger partial charge in [0.1, 0.15) is 28.1 Å². The highest BCUT2D eigenvalue weighted by Gasteiger charge is 2.18. The van der Waals surface area contributed by atoms with Crippen LogP contribution < -0.4 is 15.8 Å². The van der Waals surface area contributed by atoms with Crippen LogP contribution in [0.4, 0.5) is 0 Å². The quantitative estimate of drug-likeness (QED) is 0.397. The summed E-state index contributed by atoms with van der Waals surface area (Å²) in [4.78, 5) is 30.2. The van der Waals surface area contributed by atoms with Crippen LogP contribution in [0.15, 0.2) is 53.5 Å². The van der Waals surface area contributed by atoms with Crippen molar-refractivity contribution in [3.05, 3.63) is 81.2 Å². The summed E-state index contributed by atoms with van der Waals surface area (Å²) in [6.45, 7) is 2.24. The minimum atomic E-state index is -0.668. The predicted molar refractivity (Wildman–Crippen MR) is 116 cm³/mol. The third-order valence-corrected chi connectivity index (χ3v) is 5.32. The summed E-state index contributed by atoms with van der Waals surface area (Å²) in [7, 11) is 2.86. The van der Waals surface area contributed by atoms with E-state index in [2.05, 4.69) is 0 Å². The zero-order valence-electron chi connectivity index (χ0n) is 17.5. The number of benzene rings is 1. The standard InChI is InChI=1S/C23H22N4O4/c1-14-5-4-11-27-20(14)25-21-18(22(27)28)13-17(23(29)31-3)19(24)26(21)12-10-15-6-8-16(30-2)9-7-15/h4-9,11,13,24H,10,12H2,1-3H3. The maximum absolute atomic E-state index is 13.2. The average molecular weight is 418 g/mol. The third-order valence-electron chi connectivity index (χ3n) is 5.32. The minimum absolute atomic E-state index is 0.0243. The molecule has 158 valence electrons. The molecular formula is C23H22N4O4. The largest absolute Gasteiger partial charge is 0.497 e. The molecule has 0 amide bonds. The van der Waals surface area contributed by atoms with Crippen LogP contribution in [0.3, 0.4) is 0 Å². The Labute approximate surface area is 177 Å². The first kappa shape index (κ1) is 20.3. The van der Waals surface area contributed by atoms with Gasteiger partial charge in [0.15, 0.2) is 0 Å². The van der Waals surface area contributed by atoms with Crippen molar-refractivity contribution in [3.63, 3.8) is 0 Å². The summed E-state index contributed by atoms with van der Waals surface area (Å²) >= 11 is 0. The van der Waals surface area contributed by atoms with Crippen LogP contribution in [0.5, 0.6) is 5.75 Å². The first-order valence-corrected chi connectivity index (χ1v) is 9.76. The Morgan fingerprint density at radius 2 is 1.87 bits per heavy atom. The van der Waals surface area contributed by atoms with Crippen LogP contribution in [0, 0.1) is 12.3 Å². The van der Waals surface area contributed by atoms with Crippen molar-refractivity contribution in [1.29, 1.82) is 5.41 Å². The number of methoxy groups -OCH3 is 2. The second-order valence-corrected chi connectivity index (χ2v) is 7.19. The molecular weight excluding hydrogens is 396 g/mol. The van der Waals surface area contributed by atoms with Crippen molar-refractivity contribution in [2.45, 2.75) is 19.9 Å². The van der Waals surface area contributed by atoms with Crippen LogP contribution >= 0.6 is 0 Å². The molecule has 8 heteroatoms. The van der Waals surface area contributed by atoms with E-state index >= 15 is 0 Å². The molecule has 31 heavy (non-hydrogen) atoms. The first-order chi connectivity index (χ1) is 14.9. The third kappa shape index (κ3) is 3.56. The van der Waals surface area contributed by atoms with Crippen molar-refractivity contribution in [3.8, 4) is 5.75 Å². The second kappa shape index (κ2) is 8.06. The number of esters is 1. The van der Waals surface area contributed by atoms with E-state index in [0.29, 0.717) is 24.3 Å². The fourth-order valence-corrected chi connectivity index (χ4v) is 3.61. The maximum atomic E-state index is 13.2. The highest BCUT2D eigenvalue weighted by molar-refractivity contribution is 5.93. The van der Waals surface area contributed by atoms with E-state index in [1.807, 2.05) is 37.3 Å². The molecule has 0 bridgehead atoms. The number of nitrogens with one attached hydrogen (secondary N) is 1. The fourth-order valence-electron chi connectivity index (χ4n) is 3.61. The number of pyridine rings is 2. The Kier molecular flexibility index (Phi) is 5.29. The van der Waals surface area contributed by atoms with Crippen LogP contribution in [0.25, 0.3) is 16.7 Å². The highest BCUT2D eigenvalue weighted by atomic mass is 16.5. The number of carbonyl (C=O) groups is 1. The second-order valence-electron chi connectivity index (χ2n) is 7.19. The number of hydrogen-bond donors (Lipinski definition) is 1. The molecule has 0 saturated carbocycles. The summed E-state index contributed by atoms with van der Waals surface area (Å²) in [5.74, 6) is 0.0891. The van der Waals surface area contributed by atoms with E-state index in [1.165, 1.54) is 17.6 Å². The van der Waals surface area contributed by atoms with Gasteiger partial charge in [0, 0.05) is 12.7 Å². The fraction of sp³-hybridized carbons (Fsp3) is 0.217. The van der Waals surface area contributed by atoms with Gasteiger partial charge in [0.05, 0.1) is 19.6 Å². The van der Waals surface area contributed by atoms with Crippen LogP contribution in [-0.2, 0) is 17.7 Å². The Hall–Kier alpha value is -3.94. The van der Waals surface area contributed by atoms with Gasteiger partial charge < -0.3 is 14.0 Å². The lowest BCUT2D eigenvalue weighted by Crippen LogP contribution is -2.31. The van der Waals surface area contributed by atoms with Gasteiger partial charge in [0.2, 0.25) is 0 Å². The van der Waals surface area contributed by atoms with Crippen LogP contribution in [0.1, 0.15) is 21.5 Å². The van der Waals surface area contributed by atoms with Gasteiger partial charge in [-0.3, -0.25) is 14.6 Å². The normalized spacial score (nSPS) is 11.1. The Morgan fingerprint density at radius 1 is 1.13 bits per heavy atom. The van der Waals surface area contributed by atoms with Crippen LogP contribution in [-0.4, -0.2) is 34.1 Å². The summed E-state index contributed by atoms with van der Waals surface area (Å²) < 4.78 is 13.1. The number of hydrogen-bond acceptors (Lipinski definition) is 6. The highest BCUT2D eigenvalue weighted by Crippen LogP contribution is 2.15. The Morgan fingerprint density at radius 3 is 2.55 bits per heavy atom. The summed E-state index contributed by atoms with van der Waals surface area (Å²) in [6, 6.07) is 12.7. The van der Waals surface area contributed by atoms with Crippen molar-refractivity contribution < 1.29 is 14.3 Å². The number of carbonyl (C=O) groups excluding carboxylic acids is 1. The lowest BCUT2D eigenvalue weighted by molar-refractivity contribution is 0.0597. The Bertz CT molecular complexity index is 1420. The molecule has 4 rings (SSSR count). The van der Waals surface area contributed by atoms with E-state index in [-0.39, 0.29) is 22.0 Å². The molecule has 0 radical (unpaired) electrons. The summed E-state index contributed by atoms with van der Waals surface area (Å²) in [5.41, 5.74) is 2.43. The van der Waals surface area contributed by atoms with Gasteiger partial charge in [-0.05, 0) is 48.7 Å². The van der Waals surface area contributed by atoms with E-state index in [4.69, 9.17) is 19.9 Å². The number of fused-ring (bicyclic) bond motifs is 2. The molecule has 8 nitrogen and oxygen atoms in total. The van der Waals surface area contributed by atoms with Crippen molar-refractivity contribution in [1.82, 2.24) is 14.0 Å². The number of aromatic nitrogens is 3. The van der Waals surface area contributed by atoms with Crippen LogP contribution in [0.2, 0.25) is 0 Å². The molecule has 0 unspecified atom stereocenters. The SMILES string of the molecule is COC(=O)c1cc2c(=O)n3cccc(C)c3nc2n(CCc2ccc(OC)cc2)c1=N. The summed E-state index contributed by atoms with van der Waals surface area (Å²) in [5, 5.41) is 8.88. The molecule has 0 aliphatic rings. The molecule has 0 spiro atoms. The molecule has 0 aliphatic heterocycles. The average Bonchev–Trinajstić information content (AvgIpc) is 2.79.